The summed E-state index contributed by atoms with van der Waals surface area (Å²) in [6, 6.07) is 11.6. The van der Waals surface area contributed by atoms with Gasteiger partial charge >= 0.3 is 0 Å². The van der Waals surface area contributed by atoms with E-state index < -0.39 is 0 Å². The number of benzene rings is 2. The summed E-state index contributed by atoms with van der Waals surface area (Å²) in [7, 11) is 3.14. The number of halogens is 1. The van der Waals surface area contributed by atoms with Gasteiger partial charge in [-0.05, 0) is 43.2 Å². The average Bonchev–Trinajstić information content (AvgIpc) is 2.61. The molecule has 0 saturated carbocycles. The summed E-state index contributed by atoms with van der Waals surface area (Å²) in [6.07, 6.45) is 0.850. The van der Waals surface area contributed by atoms with Gasteiger partial charge < -0.3 is 14.8 Å². The first-order chi connectivity index (χ1) is 11.5. The van der Waals surface area contributed by atoms with Crippen LogP contribution < -0.4 is 10.1 Å². The van der Waals surface area contributed by atoms with Gasteiger partial charge in [0.25, 0.3) is 5.91 Å². The van der Waals surface area contributed by atoms with Gasteiger partial charge in [0.2, 0.25) is 0 Å². The van der Waals surface area contributed by atoms with Gasteiger partial charge in [0.1, 0.15) is 11.6 Å². The number of nitrogens with one attached hydrogen (secondary N) is 1. The second-order valence-electron chi connectivity index (χ2n) is 5.51. The Morgan fingerprint density at radius 1 is 1.17 bits per heavy atom. The van der Waals surface area contributed by atoms with Crippen LogP contribution in [0, 0.1) is 5.82 Å². The minimum absolute atomic E-state index is 0.103. The van der Waals surface area contributed by atoms with Gasteiger partial charge in [0, 0.05) is 30.8 Å². The van der Waals surface area contributed by atoms with Crippen molar-refractivity contribution >= 4 is 5.91 Å². The summed E-state index contributed by atoms with van der Waals surface area (Å²) in [4.78, 5) is 12.1. The molecule has 0 aliphatic carbocycles. The highest BCUT2D eigenvalue weighted by molar-refractivity contribution is 5.94. The Balaban J connectivity index is 2.03. The summed E-state index contributed by atoms with van der Waals surface area (Å²) < 4.78 is 24.2. The van der Waals surface area contributed by atoms with Crippen molar-refractivity contribution in [2.75, 3.05) is 20.8 Å². The van der Waals surface area contributed by atoms with Crippen molar-refractivity contribution in [3.8, 4) is 16.9 Å². The number of hydrogen-bond donors (Lipinski definition) is 1. The van der Waals surface area contributed by atoms with E-state index in [9.17, 15) is 9.18 Å². The zero-order valence-corrected chi connectivity index (χ0v) is 14.1. The number of amides is 1. The van der Waals surface area contributed by atoms with Crippen LogP contribution in [0.25, 0.3) is 11.1 Å². The van der Waals surface area contributed by atoms with Crippen molar-refractivity contribution in [2.24, 2.45) is 0 Å². The third kappa shape index (κ3) is 4.55. The fourth-order valence-corrected chi connectivity index (χ4v) is 2.27. The average molecular weight is 331 g/mol. The number of carbonyl (C=O) groups excluding carboxylic acids is 1. The van der Waals surface area contributed by atoms with Gasteiger partial charge in [-0.25, -0.2) is 4.39 Å². The van der Waals surface area contributed by atoms with Crippen LogP contribution in [0.4, 0.5) is 4.39 Å². The first-order valence-electron chi connectivity index (χ1n) is 7.80. The smallest absolute Gasteiger partial charge is 0.251 e. The van der Waals surface area contributed by atoms with Crippen LogP contribution in [-0.4, -0.2) is 32.8 Å². The number of methoxy groups -OCH3 is 2. The van der Waals surface area contributed by atoms with E-state index in [1.54, 1.807) is 43.5 Å². The lowest BCUT2D eigenvalue weighted by molar-refractivity contribution is 0.0918. The van der Waals surface area contributed by atoms with E-state index >= 15 is 0 Å². The quantitative estimate of drug-likeness (QED) is 0.842. The summed E-state index contributed by atoms with van der Waals surface area (Å²) in [5.41, 5.74) is 1.72. The fourth-order valence-electron chi connectivity index (χ4n) is 2.27. The molecule has 0 bridgehead atoms. The fraction of sp³-hybridized carbons (Fsp3) is 0.316. The van der Waals surface area contributed by atoms with Crippen LogP contribution in [0.1, 0.15) is 23.7 Å². The molecule has 1 unspecified atom stereocenters. The molecule has 4 nitrogen and oxygen atoms in total. The monoisotopic (exact) mass is 331 g/mol. The lowest BCUT2D eigenvalue weighted by Crippen LogP contribution is -2.26. The Bertz CT molecular complexity index is 686. The largest absolute Gasteiger partial charge is 0.497 e. The molecular formula is C19H22FNO3. The molecule has 2 rings (SSSR count). The van der Waals surface area contributed by atoms with Crippen molar-refractivity contribution in [3.63, 3.8) is 0 Å². The Kier molecular flexibility index (Phi) is 6.32. The van der Waals surface area contributed by atoms with E-state index in [1.165, 1.54) is 13.2 Å². The van der Waals surface area contributed by atoms with Gasteiger partial charge in [-0.15, -0.1) is 0 Å². The molecule has 2 aromatic rings. The summed E-state index contributed by atoms with van der Waals surface area (Å²) in [5, 5.41) is 2.84. The van der Waals surface area contributed by atoms with Crippen molar-refractivity contribution < 1.29 is 18.7 Å². The number of ether oxygens (including phenoxy) is 2. The molecule has 1 N–H and O–H groups in total. The molecule has 128 valence electrons. The van der Waals surface area contributed by atoms with E-state index in [2.05, 4.69) is 5.32 Å². The Morgan fingerprint density at radius 3 is 2.46 bits per heavy atom. The van der Waals surface area contributed by atoms with E-state index in [0.717, 1.165) is 6.42 Å². The predicted molar refractivity (Wildman–Crippen MR) is 91.8 cm³/mol. The summed E-state index contributed by atoms with van der Waals surface area (Å²) in [6.45, 7) is 2.49. The summed E-state index contributed by atoms with van der Waals surface area (Å²) in [5.74, 6) is -0.0438. The molecule has 2 aromatic carbocycles. The Hall–Kier alpha value is -2.40. The Labute approximate surface area is 141 Å². The lowest BCUT2D eigenvalue weighted by Gasteiger charge is -2.10. The van der Waals surface area contributed by atoms with Gasteiger partial charge in [0.05, 0.1) is 13.2 Å². The minimum Gasteiger partial charge on any atom is -0.497 e. The molecule has 0 aromatic heterocycles. The number of hydrogen-bond acceptors (Lipinski definition) is 3. The van der Waals surface area contributed by atoms with E-state index in [-0.39, 0.29) is 17.8 Å². The van der Waals surface area contributed by atoms with Crippen molar-refractivity contribution in [1.82, 2.24) is 5.32 Å². The maximum Gasteiger partial charge on any atom is 0.251 e. The number of carbonyl (C=O) groups is 1. The van der Waals surface area contributed by atoms with Gasteiger partial charge in [-0.1, -0.05) is 12.1 Å². The zero-order valence-electron chi connectivity index (χ0n) is 14.1. The molecule has 0 aliphatic heterocycles. The maximum atomic E-state index is 14.1. The van der Waals surface area contributed by atoms with E-state index in [4.69, 9.17) is 9.47 Å². The molecule has 0 heterocycles. The molecule has 24 heavy (non-hydrogen) atoms. The molecule has 5 heteroatoms. The normalized spacial score (nSPS) is 11.8. The van der Waals surface area contributed by atoms with Crippen LogP contribution in [0.15, 0.2) is 42.5 Å². The van der Waals surface area contributed by atoms with Gasteiger partial charge in [-0.3, -0.25) is 4.79 Å². The highest BCUT2D eigenvalue weighted by atomic mass is 19.1. The maximum absolute atomic E-state index is 14.1. The highest BCUT2D eigenvalue weighted by Gasteiger charge is 2.09. The standard InChI is InChI=1S/C19H22FNO3/c1-13(23-2)10-11-21-19(22)15-6-4-14(5-7-15)17-9-8-16(24-3)12-18(17)20/h4-9,12-13H,10-11H2,1-3H3,(H,21,22). The van der Waals surface area contributed by atoms with E-state index in [1.807, 2.05) is 6.92 Å². The Morgan fingerprint density at radius 2 is 1.88 bits per heavy atom. The first-order valence-corrected chi connectivity index (χ1v) is 7.80. The SMILES string of the molecule is COc1ccc(-c2ccc(C(=O)NCCC(C)OC)cc2)c(F)c1. The van der Waals surface area contributed by atoms with Gasteiger partial charge in [0.15, 0.2) is 0 Å². The molecule has 0 saturated heterocycles. The van der Waals surface area contributed by atoms with Crippen LogP contribution in [0.3, 0.4) is 0 Å². The van der Waals surface area contributed by atoms with E-state index in [0.29, 0.717) is 29.0 Å². The van der Waals surface area contributed by atoms with Crippen LogP contribution >= 0.6 is 0 Å². The second kappa shape index (κ2) is 8.45. The molecule has 0 radical (unpaired) electrons. The van der Waals surface area contributed by atoms with Crippen molar-refractivity contribution in [3.05, 3.63) is 53.8 Å². The molecule has 1 atom stereocenters. The third-order valence-corrected chi connectivity index (χ3v) is 3.87. The molecule has 0 aliphatic rings. The molecule has 1 amide bonds. The minimum atomic E-state index is -0.361. The number of rotatable bonds is 7. The highest BCUT2D eigenvalue weighted by Crippen LogP contribution is 2.26. The topological polar surface area (TPSA) is 47.6 Å². The zero-order chi connectivity index (χ0) is 17.5. The van der Waals surface area contributed by atoms with Crippen LogP contribution in [0.5, 0.6) is 5.75 Å². The molecular weight excluding hydrogens is 309 g/mol. The van der Waals surface area contributed by atoms with Crippen LogP contribution in [0.2, 0.25) is 0 Å². The second-order valence-corrected chi connectivity index (χ2v) is 5.51. The van der Waals surface area contributed by atoms with Crippen LogP contribution in [-0.2, 0) is 4.74 Å². The van der Waals surface area contributed by atoms with Crippen molar-refractivity contribution in [2.45, 2.75) is 19.4 Å². The lowest BCUT2D eigenvalue weighted by atomic mass is 10.0. The summed E-state index contributed by atoms with van der Waals surface area (Å²) >= 11 is 0. The molecule has 0 spiro atoms. The van der Waals surface area contributed by atoms with Gasteiger partial charge in [-0.2, -0.15) is 0 Å². The molecule has 0 fully saturated rings. The van der Waals surface area contributed by atoms with Crippen molar-refractivity contribution in [1.29, 1.82) is 0 Å². The third-order valence-electron chi connectivity index (χ3n) is 3.87. The predicted octanol–water partition coefficient (Wildman–Crippen LogP) is 3.66. The first kappa shape index (κ1) is 17.9.